The molecule has 1 heterocycles. The number of pyridine rings is 1. The fourth-order valence-electron chi connectivity index (χ4n) is 3.86. The van der Waals surface area contributed by atoms with Gasteiger partial charge in [-0.3, -0.25) is 9.59 Å². The lowest BCUT2D eigenvalue weighted by Crippen LogP contribution is -2.17. The second-order valence-corrected chi connectivity index (χ2v) is 10.3. The van der Waals surface area contributed by atoms with Gasteiger partial charge >= 0.3 is 0 Å². The zero-order valence-corrected chi connectivity index (χ0v) is 21.1. The first kappa shape index (κ1) is 26.0. The van der Waals surface area contributed by atoms with Crippen LogP contribution in [0, 0.1) is 0 Å². The number of nitrogens with one attached hydrogen (secondary N) is 1. The monoisotopic (exact) mass is 534 g/mol. The topological polar surface area (TPSA) is 145 Å². The number of nitrogens with zero attached hydrogens (tertiary/aromatic N) is 1. The van der Waals surface area contributed by atoms with E-state index in [4.69, 9.17) is 22.5 Å². The summed E-state index contributed by atoms with van der Waals surface area (Å²) in [7, 11) is -3.91. The van der Waals surface area contributed by atoms with Crippen LogP contribution in [0.15, 0.2) is 90.0 Å². The van der Waals surface area contributed by atoms with Gasteiger partial charge in [-0.25, -0.2) is 18.5 Å². The van der Waals surface area contributed by atoms with E-state index in [1.807, 2.05) is 0 Å². The molecule has 188 valence electrons. The van der Waals surface area contributed by atoms with Crippen molar-refractivity contribution < 1.29 is 18.0 Å². The Morgan fingerprint density at radius 2 is 1.62 bits per heavy atom. The van der Waals surface area contributed by atoms with Crippen LogP contribution in [0.25, 0.3) is 11.1 Å². The number of hydrogen-bond donors (Lipinski definition) is 3. The predicted octanol–water partition coefficient (Wildman–Crippen LogP) is 4.24. The minimum atomic E-state index is -3.91. The van der Waals surface area contributed by atoms with E-state index in [1.165, 1.54) is 12.3 Å². The summed E-state index contributed by atoms with van der Waals surface area (Å²) < 4.78 is 23.9. The van der Waals surface area contributed by atoms with Gasteiger partial charge in [-0.2, -0.15) is 0 Å². The summed E-state index contributed by atoms with van der Waals surface area (Å²) in [6.45, 7) is 0. The number of carbonyl (C=O) groups excluding carboxylic acids is 2. The molecule has 0 bridgehead atoms. The van der Waals surface area contributed by atoms with Gasteiger partial charge < -0.3 is 11.1 Å². The molecule has 8 nitrogen and oxygen atoms in total. The Morgan fingerprint density at radius 3 is 2.30 bits per heavy atom. The molecule has 0 fully saturated rings. The van der Waals surface area contributed by atoms with Crippen LogP contribution in [0.4, 0.5) is 11.5 Å². The highest BCUT2D eigenvalue weighted by molar-refractivity contribution is 7.89. The molecule has 0 atom stereocenters. The first-order chi connectivity index (χ1) is 17.6. The van der Waals surface area contributed by atoms with Crippen LogP contribution in [0.5, 0.6) is 0 Å². The number of anilines is 2. The Kier molecular flexibility index (Phi) is 7.68. The van der Waals surface area contributed by atoms with Crippen LogP contribution in [0.1, 0.15) is 21.5 Å². The highest BCUT2D eigenvalue weighted by atomic mass is 35.5. The van der Waals surface area contributed by atoms with Crippen LogP contribution in [-0.2, 0) is 27.7 Å². The molecule has 5 N–H and O–H groups in total. The van der Waals surface area contributed by atoms with Gasteiger partial charge in [0.05, 0.1) is 16.3 Å². The summed E-state index contributed by atoms with van der Waals surface area (Å²) in [5, 5.41) is 8.50. The summed E-state index contributed by atoms with van der Waals surface area (Å²) in [5.41, 5.74) is 9.20. The Labute approximate surface area is 219 Å². The van der Waals surface area contributed by atoms with E-state index < -0.39 is 10.0 Å². The lowest BCUT2D eigenvalue weighted by atomic mass is 9.95. The van der Waals surface area contributed by atoms with Crippen molar-refractivity contribution in [3.63, 3.8) is 0 Å². The number of amides is 1. The Morgan fingerprint density at radius 1 is 0.892 bits per heavy atom. The maximum atomic E-state index is 13.1. The number of rotatable bonds is 8. The molecule has 0 unspecified atom stereocenters. The van der Waals surface area contributed by atoms with Crippen molar-refractivity contribution in [2.75, 3.05) is 11.1 Å². The molecule has 4 rings (SSSR count). The molecule has 0 aliphatic carbocycles. The summed E-state index contributed by atoms with van der Waals surface area (Å²) in [6.07, 6.45) is 1.49. The summed E-state index contributed by atoms with van der Waals surface area (Å²) in [6, 6.07) is 21.3. The molecule has 37 heavy (non-hydrogen) atoms. The lowest BCUT2D eigenvalue weighted by molar-refractivity contribution is -0.115. The number of sulfonamides is 1. The molecular formula is C27H23ClN4O4S. The van der Waals surface area contributed by atoms with Crippen molar-refractivity contribution in [3.05, 3.63) is 107 Å². The Hall–Kier alpha value is -4.05. The van der Waals surface area contributed by atoms with Gasteiger partial charge in [0.2, 0.25) is 15.9 Å². The molecular weight excluding hydrogens is 512 g/mol. The number of nitrogen functional groups attached to an aromatic ring is 1. The first-order valence-corrected chi connectivity index (χ1v) is 13.1. The minimum absolute atomic E-state index is 0.00514. The fourth-order valence-corrected chi connectivity index (χ4v) is 4.73. The zero-order valence-electron chi connectivity index (χ0n) is 19.5. The van der Waals surface area contributed by atoms with Crippen molar-refractivity contribution in [2.45, 2.75) is 17.7 Å². The van der Waals surface area contributed by atoms with Crippen LogP contribution in [0.2, 0.25) is 5.02 Å². The molecule has 1 aromatic heterocycles. The van der Waals surface area contributed by atoms with Crippen LogP contribution >= 0.6 is 11.6 Å². The second-order valence-electron chi connectivity index (χ2n) is 8.33. The fraction of sp³-hybridized carbons (Fsp3) is 0.0741. The third-order valence-electron chi connectivity index (χ3n) is 5.64. The number of primary sulfonamides is 1. The van der Waals surface area contributed by atoms with Crippen molar-refractivity contribution >= 4 is 44.8 Å². The Bertz CT molecular complexity index is 1570. The van der Waals surface area contributed by atoms with Gasteiger partial charge in [-0.1, -0.05) is 60.1 Å². The molecule has 1 amide bonds. The molecule has 0 saturated carbocycles. The van der Waals surface area contributed by atoms with Gasteiger partial charge in [0.25, 0.3) is 0 Å². The van der Waals surface area contributed by atoms with Crippen molar-refractivity contribution in [1.82, 2.24) is 4.98 Å². The van der Waals surface area contributed by atoms with Crippen molar-refractivity contribution in [1.29, 1.82) is 0 Å². The van der Waals surface area contributed by atoms with Crippen molar-refractivity contribution in [2.24, 2.45) is 5.14 Å². The number of carbonyl (C=O) groups is 2. The zero-order chi connectivity index (χ0) is 26.6. The summed E-state index contributed by atoms with van der Waals surface area (Å²) in [4.78, 5) is 29.7. The third-order valence-corrected chi connectivity index (χ3v) is 6.83. The maximum absolute atomic E-state index is 13.1. The van der Waals surface area contributed by atoms with Crippen molar-refractivity contribution in [3.8, 4) is 11.1 Å². The number of nitrogens with two attached hydrogens (primary N) is 2. The predicted molar refractivity (Wildman–Crippen MR) is 144 cm³/mol. The van der Waals surface area contributed by atoms with Crippen LogP contribution in [-0.4, -0.2) is 25.1 Å². The van der Waals surface area contributed by atoms with Crippen LogP contribution in [0.3, 0.4) is 0 Å². The van der Waals surface area contributed by atoms with Gasteiger partial charge in [-0.15, -0.1) is 0 Å². The van der Waals surface area contributed by atoms with E-state index >= 15 is 0 Å². The highest BCUT2D eigenvalue weighted by Crippen LogP contribution is 2.27. The minimum Gasteiger partial charge on any atom is -0.399 e. The molecule has 10 heteroatoms. The van der Waals surface area contributed by atoms with E-state index in [0.29, 0.717) is 44.3 Å². The van der Waals surface area contributed by atoms with E-state index in [-0.39, 0.29) is 29.4 Å². The standard InChI is InChI=1S/C27H23ClN4O4S/c28-21-10-12-26(31-16-21)32-27(34)15-19-9-11-22(29)13-20(19)14-24(33)18-7-5-17(6-8-18)23-3-1-2-4-25(23)37(30,35)36/h1-13,16H,14-15,29H2,(H2,30,35,36)(H,31,32,34). The Balaban J connectivity index is 1.51. The molecule has 0 aliphatic heterocycles. The second kappa shape index (κ2) is 10.9. The molecule has 0 aliphatic rings. The normalized spacial score (nSPS) is 11.2. The average Bonchev–Trinajstić information content (AvgIpc) is 2.86. The lowest BCUT2D eigenvalue weighted by Gasteiger charge is -2.12. The summed E-state index contributed by atoms with van der Waals surface area (Å²) in [5.74, 6) is -0.115. The third kappa shape index (κ3) is 6.59. The molecule has 0 spiro atoms. The quantitative estimate of drug-likeness (QED) is 0.228. The van der Waals surface area contributed by atoms with E-state index in [1.54, 1.807) is 72.8 Å². The number of hydrogen-bond acceptors (Lipinski definition) is 6. The van der Waals surface area contributed by atoms with E-state index in [9.17, 15) is 18.0 Å². The SMILES string of the molecule is Nc1ccc(CC(=O)Nc2ccc(Cl)cn2)c(CC(=O)c2ccc(-c3ccccc3S(N)(=O)=O)cc2)c1. The first-order valence-electron chi connectivity index (χ1n) is 11.1. The number of benzene rings is 3. The highest BCUT2D eigenvalue weighted by Gasteiger charge is 2.17. The van der Waals surface area contributed by atoms with Gasteiger partial charge in [0, 0.05) is 29.4 Å². The smallest absolute Gasteiger partial charge is 0.238 e. The average molecular weight is 535 g/mol. The van der Waals surface area contributed by atoms with Gasteiger partial charge in [-0.05, 0) is 47.0 Å². The van der Waals surface area contributed by atoms with Gasteiger partial charge in [0.1, 0.15) is 5.82 Å². The number of ketones is 1. The van der Waals surface area contributed by atoms with E-state index in [2.05, 4.69) is 10.3 Å². The number of aromatic nitrogens is 1. The molecule has 4 aromatic rings. The van der Waals surface area contributed by atoms with E-state index in [0.717, 1.165) is 0 Å². The number of Topliss-reactive ketones (excluding diaryl/α,β-unsaturated/α-hetero) is 1. The molecule has 0 saturated heterocycles. The molecule has 3 aromatic carbocycles. The van der Waals surface area contributed by atoms with Gasteiger partial charge in [0.15, 0.2) is 5.78 Å². The number of halogens is 1. The largest absolute Gasteiger partial charge is 0.399 e. The maximum Gasteiger partial charge on any atom is 0.238 e. The molecule has 0 radical (unpaired) electrons. The summed E-state index contributed by atoms with van der Waals surface area (Å²) >= 11 is 5.83. The van der Waals surface area contributed by atoms with Crippen LogP contribution < -0.4 is 16.2 Å².